The zero-order chi connectivity index (χ0) is 11.1. The summed E-state index contributed by atoms with van der Waals surface area (Å²) in [4.78, 5) is 24.3. The quantitative estimate of drug-likeness (QED) is 0.250. The van der Waals surface area contributed by atoms with Gasteiger partial charge in [0.05, 0.1) is 33.2 Å². The van der Waals surface area contributed by atoms with Crippen LogP contribution in [0.2, 0.25) is 0 Å². The average molecular weight is 332 g/mol. The van der Waals surface area contributed by atoms with Gasteiger partial charge in [-0.2, -0.15) is 0 Å². The van der Waals surface area contributed by atoms with Gasteiger partial charge in [0.1, 0.15) is 0 Å². The molecule has 0 atom stereocenters. The molecule has 0 aliphatic rings. The molecule has 0 aromatic carbocycles. The van der Waals surface area contributed by atoms with Crippen molar-refractivity contribution in [2.75, 3.05) is 19.8 Å². The second kappa shape index (κ2) is 16.6. The molecule has 0 spiro atoms. The molecular formula is C4H13ClK2NO7P. The van der Waals surface area contributed by atoms with Crippen LogP contribution in [0.3, 0.4) is 0 Å². The van der Waals surface area contributed by atoms with Crippen molar-refractivity contribution in [2.24, 2.45) is 5.73 Å². The molecule has 12 heteroatoms. The van der Waals surface area contributed by atoms with Gasteiger partial charge in [0.2, 0.25) is 0 Å². The minimum Gasteiger partial charge on any atom is -0.790 e. The van der Waals surface area contributed by atoms with Gasteiger partial charge in [-0.1, -0.05) is 0 Å². The van der Waals surface area contributed by atoms with E-state index >= 15 is 0 Å². The number of hydrogen-bond donors (Lipinski definition) is 5. The molecule has 0 saturated carbocycles. The van der Waals surface area contributed by atoms with Gasteiger partial charge in [0.25, 0.3) is 0 Å². The molecule has 6 N–H and O–H groups in total. The third kappa shape index (κ3) is 30.5. The Labute approximate surface area is 184 Å². The van der Waals surface area contributed by atoms with Crippen LogP contribution in [0.4, 0.5) is 0 Å². The van der Waals surface area contributed by atoms with Crippen LogP contribution < -0.4 is 118 Å². The van der Waals surface area contributed by atoms with Gasteiger partial charge in [0.15, 0.2) is 0 Å². The van der Waals surface area contributed by atoms with E-state index in [4.69, 9.17) is 40.3 Å². The second-order valence-electron chi connectivity index (χ2n) is 2.31. The third-order valence-electron chi connectivity index (χ3n) is 0.945. The maximum absolute atomic E-state index is 8.66. The van der Waals surface area contributed by atoms with Crippen LogP contribution in [0.5, 0.6) is 0 Å². The van der Waals surface area contributed by atoms with E-state index in [0.717, 1.165) is 0 Å². The molecule has 0 rings (SSSR count). The van der Waals surface area contributed by atoms with Crippen molar-refractivity contribution in [3.63, 3.8) is 0 Å². The summed E-state index contributed by atoms with van der Waals surface area (Å²) in [6.07, 6.45) is 0. The Bertz CT molecular complexity index is 161. The van der Waals surface area contributed by atoms with Gasteiger partial charge in [0, 0.05) is 0 Å². The van der Waals surface area contributed by atoms with Gasteiger partial charge in [-0.05, 0) is 0 Å². The van der Waals surface area contributed by atoms with E-state index in [0.29, 0.717) is 0 Å². The van der Waals surface area contributed by atoms with E-state index in [2.05, 4.69) is 0 Å². The number of phosphoric acid groups is 1. The molecular weight excluding hydrogens is 319 g/mol. The number of aliphatic hydroxyl groups excluding tert-OH is 3. The number of hydrogen-bond acceptors (Lipinski definition) is 7. The minimum absolute atomic E-state index is 0. The van der Waals surface area contributed by atoms with Crippen LogP contribution in [0.25, 0.3) is 0 Å². The maximum atomic E-state index is 8.66. The van der Waals surface area contributed by atoms with Crippen molar-refractivity contribution in [3.05, 3.63) is 0 Å². The van der Waals surface area contributed by atoms with Crippen LogP contribution in [0.15, 0.2) is 0 Å². The van der Waals surface area contributed by atoms with Gasteiger partial charge in [-0.3, -0.25) is 0 Å². The Kier molecular flexibility index (Phi) is 32.9. The molecule has 8 nitrogen and oxygen atoms in total. The van der Waals surface area contributed by atoms with Crippen LogP contribution >= 0.6 is 20.2 Å². The maximum Gasteiger partial charge on any atom is 1.00 e. The van der Waals surface area contributed by atoms with Crippen molar-refractivity contribution in [1.82, 2.24) is 0 Å². The van der Waals surface area contributed by atoms with Crippen LogP contribution in [-0.2, 0) is 4.57 Å². The number of halogens is 1. The van der Waals surface area contributed by atoms with Crippen molar-refractivity contribution in [1.29, 1.82) is 0 Å². The minimum atomic E-state index is -5.14. The summed E-state index contributed by atoms with van der Waals surface area (Å²) in [7, 11) is -5.14. The van der Waals surface area contributed by atoms with E-state index in [-0.39, 0.29) is 115 Å². The summed E-state index contributed by atoms with van der Waals surface area (Å²) < 4.78 is 8.66. The predicted octanol–water partition coefficient (Wildman–Crippen LogP) is -10.1. The van der Waals surface area contributed by atoms with Gasteiger partial charge < -0.3 is 40.3 Å². The summed E-state index contributed by atoms with van der Waals surface area (Å²) in [5, 5.41) is 25.0. The Hall–Kier alpha value is 3.51. The smallest absolute Gasteiger partial charge is 0.790 e. The average Bonchev–Trinajstić information content (AvgIpc) is 2.00. The Balaban J connectivity index is -0.0000000454. The molecule has 0 aromatic heterocycles. The SMILES string of the molecule is Cl.NC(CO)(CO)CO.O=P([O-])([O-])O.[K+].[K+]. The standard InChI is InChI=1S/C4H11NO3.ClH.2K.H3O4P/c5-4(1-6,2-7)3-8;;;;1-5(2,3)4/h6-8H,1-3,5H2;1H;;;(H3,1,2,3,4)/q;;2*+1;/p-2. The molecule has 0 bridgehead atoms. The molecule has 0 radical (unpaired) electrons. The Morgan fingerprint density at radius 1 is 1.06 bits per heavy atom. The molecule has 0 unspecified atom stereocenters. The largest absolute Gasteiger partial charge is 1.00 e. The Morgan fingerprint density at radius 2 is 1.19 bits per heavy atom. The third-order valence-corrected chi connectivity index (χ3v) is 0.945. The van der Waals surface area contributed by atoms with Crippen molar-refractivity contribution >= 4 is 20.2 Å². The first-order chi connectivity index (χ1) is 5.68. The van der Waals surface area contributed by atoms with Crippen molar-refractivity contribution in [2.45, 2.75) is 5.54 Å². The fourth-order valence-electron chi connectivity index (χ4n) is 0.150. The van der Waals surface area contributed by atoms with E-state index in [1.165, 1.54) is 0 Å². The fraction of sp³-hybridized carbons (Fsp3) is 1.00. The van der Waals surface area contributed by atoms with E-state index in [9.17, 15) is 0 Å². The van der Waals surface area contributed by atoms with E-state index in [1.807, 2.05) is 0 Å². The van der Waals surface area contributed by atoms with E-state index in [1.54, 1.807) is 0 Å². The van der Waals surface area contributed by atoms with Gasteiger partial charge >= 0.3 is 103 Å². The first kappa shape index (κ1) is 31.8. The van der Waals surface area contributed by atoms with Gasteiger partial charge in [-0.15, -0.1) is 12.4 Å². The van der Waals surface area contributed by atoms with Crippen molar-refractivity contribution in [3.8, 4) is 0 Å². The molecule has 90 valence electrons. The zero-order valence-electron chi connectivity index (χ0n) is 9.07. The zero-order valence-corrected chi connectivity index (χ0v) is 17.0. The summed E-state index contributed by atoms with van der Waals surface area (Å²) >= 11 is 0. The molecule has 0 heterocycles. The van der Waals surface area contributed by atoms with Crippen LogP contribution in [0, 0.1) is 0 Å². The second-order valence-corrected chi connectivity index (χ2v) is 3.24. The molecule has 0 fully saturated rings. The topological polar surface area (TPSA) is 170 Å². The molecule has 0 aliphatic heterocycles. The number of aliphatic hydroxyl groups is 3. The van der Waals surface area contributed by atoms with Crippen LogP contribution in [-0.4, -0.2) is 45.6 Å². The molecule has 0 aromatic rings. The number of nitrogens with two attached hydrogens (primary N) is 1. The summed E-state index contributed by atoms with van der Waals surface area (Å²) in [5.74, 6) is 0. The predicted molar refractivity (Wildman–Crippen MR) is 45.2 cm³/mol. The molecule has 0 amide bonds. The van der Waals surface area contributed by atoms with Crippen molar-refractivity contribution < 1.29 is 137 Å². The van der Waals surface area contributed by atoms with Gasteiger partial charge in [-0.25, -0.2) is 0 Å². The first-order valence-corrected chi connectivity index (χ1v) is 4.54. The normalized spacial score (nSPS) is 9.69. The summed E-state index contributed by atoms with van der Waals surface area (Å²) in [5.41, 5.74) is 3.94. The fourth-order valence-corrected chi connectivity index (χ4v) is 0.150. The molecule has 0 aliphatic carbocycles. The van der Waals surface area contributed by atoms with E-state index < -0.39 is 33.2 Å². The summed E-state index contributed by atoms with van der Waals surface area (Å²) in [6, 6.07) is 0. The molecule has 16 heavy (non-hydrogen) atoms. The summed E-state index contributed by atoms with van der Waals surface area (Å²) in [6.45, 7) is -1.21. The number of rotatable bonds is 3. The first-order valence-electron chi connectivity index (χ1n) is 3.05. The monoisotopic (exact) mass is 331 g/mol. The Morgan fingerprint density at radius 3 is 1.19 bits per heavy atom. The molecule has 0 saturated heterocycles. The van der Waals surface area contributed by atoms with Crippen LogP contribution in [0.1, 0.15) is 0 Å².